The molecule has 0 aromatic carbocycles. The van der Waals surface area contributed by atoms with Crippen LogP contribution in [0, 0.1) is 6.92 Å². The van der Waals surface area contributed by atoms with Gasteiger partial charge in [-0.25, -0.2) is 9.78 Å². The SMILES string of the molecule is CC.CC.CCC(=O)Nc1cccc(NC(=O)CC)n1.CCCCCn1cc(C)c(=O)[nH]c1=O.[HH].[HH]. The molecule has 2 aromatic heterocycles. The summed E-state index contributed by atoms with van der Waals surface area (Å²) in [7, 11) is 0. The fourth-order valence-corrected chi connectivity index (χ4v) is 2.35. The molecule has 0 saturated carbocycles. The fourth-order valence-electron chi connectivity index (χ4n) is 2.35. The summed E-state index contributed by atoms with van der Waals surface area (Å²) in [5, 5.41) is 5.24. The number of anilines is 2. The molecule has 0 unspecified atom stereocenters. The van der Waals surface area contributed by atoms with Crippen molar-refractivity contribution in [2.45, 2.75) is 94.0 Å². The number of nitrogens with zero attached hydrogens (tertiary/aromatic N) is 2. The Labute approximate surface area is 206 Å². The predicted octanol–water partition coefficient (Wildman–Crippen LogP) is 5.36. The molecule has 0 aliphatic heterocycles. The second kappa shape index (κ2) is 20.4. The largest absolute Gasteiger partial charge is 0.328 e. The molecule has 2 aromatic rings. The van der Waals surface area contributed by atoms with E-state index in [-0.39, 0.29) is 25.9 Å². The van der Waals surface area contributed by atoms with E-state index < -0.39 is 0 Å². The quantitative estimate of drug-likeness (QED) is 0.438. The lowest BCUT2D eigenvalue weighted by molar-refractivity contribution is -0.116. The molecule has 196 valence electrons. The van der Waals surface area contributed by atoms with Gasteiger partial charge in [-0.2, -0.15) is 0 Å². The van der Waals surface area contributed by atoms with Crippen LogP contribution >= 0.6 is 0 Å². The van der Waals surface area contributed by atoms with E-state index in [0.29, 0.717) is 36.6 Å². The van der Waals surface area contributed by atoms with Crippen LogP contribution in [0.15, 0.2) is 34.0 Å². The lowest BCUT2D eigenvalue weighted by atomic mass is 10.2. The van der Waals surface area contributed by atoms with Crippen molar-refractivity contribution in [2.24, 2.45) is 0 Å². The van der Waals surface area contributed by atoms with Crippen molar-refractivity contribution in [3.8, 4) is 0 Å². The molecule has 0 bridgehead atoms. The Kier molecular flexibility index (Phi) is 19.8. The number of rotatable bonds is 8. The van der Waals surface area contributed by atoms with Gasteiger partial charge in [0, 0.05) is 34.0 Å². The van der Waals surface area contributed by atoms with Crippen molar-refractivity contribution in [3.63, 3.8) is 0 Å². The third-order valence-electron chi connectivity index (χ3n) is 4.12. The average Bonchev–Trinajstić information content (AvgIpc) is 2.85. The second-order valence-electron chi connectivity index (χ2n) is 6.68. The number of pyridine rings is 1. The molecule has 0 spiro atoms. The molecule has 0 fully saturated rings. The van der Waals surface area contributed by atoms with Gasteiger partial charge in [0.25, 0.3) is 5.56 Å². The summed E-state index contributed by atoms with van der Waals surface area (Å²) >= 11 is 0. The molecule has 2 rings (SSSR count). The van der Waals surface area contributed by atoms with E-state index in [1.807, 2.05) is 27.7 Å². The first-order chi connectivity index (χ1) is 16.3. The molecule has 0 atom stereocenters. The Hall–Kier alpha value is -3.23. The smallest absolute Gasteiger partial charge is 0.311 e. The number of unbranched alkanes of at least 4 members (excludes halogenated alkanes) is 2. The van der Waals surface area contributed by atoms with Crippen LogP contribution in [-0.2, 0) is 16.1 Å². The molecule has 2 amide bonds. The molecule has 2 heterocycles. The van der Waals surface area contributed by atoms with Crippen LogP contribution in [0.2, 0.25) is 0 Å². The van der Waals surface area contributed by atoms with Crippen molar-refractivity contribution in [2.75, 3.05) is 10.6 Å². The Morgan fingerprint density at radius 3 is 1.88 bits per heavy atom. The number of H-pyrrole nitrogens is 1. The maximum atomic E-state index is 11.3. The molecule has 0 aliphatic rings. The van der Waals surface area contributed by atoms with Crippen LogP contribution in [0.1, 0.15) is 89.0 Å². The van der Waals surface area contributed by atoms with E-state index in [9.17, 15) is 19.2 Å². The summed E-state index contributed by atoms with van der Waals surface area (Å²) < 4.78 is 1.56. The summed E-state index contributed by atoms with van der Waals surface area (Å²) in [6.07, 6.45) is 5.61. The van der Waals surface area contributed by atoms with E-state index in [0.717, 1.165) is 19.3 Å². The highest BCUT2D eigenvalue weighted by Gasteiger charge is 2.03. The summed E-state index contributed by atoms with van der Waals surface area (Å²) in [4.78, 5) is 51.0. The van der Waals surface area contributed by atoms with E-state index in [2.05, 4.69) is 27.5 Å². The maximum Gasteiger partial charge on any atom is 0.328 e. The van der Waals surface area contributed by atoms with Crippen LogP contribution < -0.4 is 21.9 Å². The van der Waals surface area contributed by atoms with Crippen molar-refractivity contribution in [1.29, 1.82) is 0 Å². The van der Waals surface area contributed by atoms with Crippen molar-refractivity contribution in [1.82, 2.24) is 14.5 Å². The van der Waals surface area contributed by atoms with Crippen LogP contribution in [0.25, 0.3) is 0 Å². The minimum atomic E-state index is -0.309. The van der Waals surface area contributed by atoms with Gasteiger partial charge in [-0.3, -0.25) is 19.4 Å². The zero-order valence-electron chi connectivity index (χ0n) is 22.1. The van der Waals surface area contributed by atoms with E-state index in [1.54, 1.807) is 49.7 Å². The highest BCUT2D eigenvalue weighted by Crippen LogP contribution is 2.09. The minimum absolute atomic E-state index is 0. The lowest BCUT2D eigenvalue weighted by Crippen LogP contribution is -2.30. The Bertz CT molecular complexity index is 929. The molecule has 0 radical (unpaired) electrons. The minimum Gasteiger partial charge on any atom is -0.311 e. The molecule has 3 N–H and O–H groups in total. The van der Waals surface area contributed by atoms with Gasteiger partial charge in [-0.1, -0.05) is 67.4 Å². The Balaban J connectivity index is -0.000000239. The summed E-state index contributed by atoms with van der Waals surface area (Å²) in [6, 6.07) is 5.08. The van der Waals surface area contributed by atoms with Crippen molar-refractivity contribution >= 4 is 23.5 Å². The van der Waals surface area contributed by atoms with Gasteiger partial charge in [0.1, 0.15) is 11.6 Å². The molecule has 9 heteroatoms. The first-order valence-corrected chi connectivity index (χ1v) is 12.2. The van der Waals surface area contributed by atoms with Crippen molar-refractivity contribution < 1.29 is 12.4 Å². The number of nitrogens with one attached hydrogen (secondary N) is 3. The summed E-state index contributed by atoms with van der Waals surface area (Å²) in [5.41, 5.74) is -0.0143. The highest BCUT2D eigenvalue weighted by molar-refractivity contribution is 5.91. The Morgan fingerprint density at radius 1 is 0.941 bits per heavy atom. The maximum absolute atomic E-state index is 11.3. The lowest BCUT2D eigenvalue weighted by Gasteiger charge is -2.06. The van der Waals surface area contributed by atoms with Crippen LogP contribution in [0.4, 0.5) is 11.6 Å². The number of carbonyl (C=O) groups excluding carboxylic acids is 2. The fraction of sp³-hybridized carbons (Fsp3) is 0.560. The average molecular weight is 482 g/mol. The van der Waals surface area contributed by atoms with E-state index in [1.165, 1.54) is 0 Å². The molecular formula is C25H47N5O4. The molecular weight excluding hydrogens is 434 g/mol. The van der Waals surface area contributed by atoms with Crippen molar-refractivity contribution in [3.05, 3.63) is 50.8 Å². The third-order valence-corrected chi connectivity index (χ3v) is 4.12. The van der Waals surface area contributed by atoms with Crippen LogP contribution in [0.5, 0.6) is 0 Å². The van der Waals surface area contributed by atoms with Gasteiger partial charge in [0.2, 0.25) is 11.8 Å². The first-order valence-electron chi connectivity index (χ1n) is 12.2. The normalized spacial score (nSPS) is 9.18. The molecule has 34 heavy (non-hydrogen) atoms. The standard InChI is InChI=1S/C11H15N3O2.C10H16N2O2.2C2H6.2H2/c1-3-10(15)13-8-6-5-7-9(12-8)14-11(16)4-2;1-3-4-5-6-12-7-8(2)9(13)11-10(12)14;2*1-2;;/h5-7H,3-4H2,1-2H3,(H2,12,13,14,15,16);7H,3-6H2,1-2H3,(H,11,13,14);2*1-2H3;2*1H. The topological polar surface area (TPSA) is 126 Å². The summed E-state index contributed by atoms with van der Waals surface area (Å²) in [5.74, 6) is 0.680. The summed E-state index contributed by atoms with van der Waals surface area (Å²) in [6.45, 7) is 16.0. The zero-order valence-corrected chi connectivity index (χ0v) is 22.1. The number of aromatic nitrogens is 3. The zero-order chi connectivity index (χ0) is 26.5. The number of amides is 2. The van der Waals surface area contributed by atoms with Gasteiger partial charge in [0.05, 0.1) is 0 Å². The molecule has 9 nitrogen and oxygen atoms in total. The molecule has 0 aliphatic carbocycles. The number of hydrogen-bond donors (Lipinski definition) is 3. The monoisotopic (exact) mass is 481 g/mol. The van der Waals surface area contributed by atoms with E-state index in [4.69, 9.17) is 0 Å². The number of carbonyl (C=O) groups is 2. The number of aryl methyl sites for hydroxylation is 2. The van der Waals surface area contributed by atoms with Crippen LogP contribution in [-0.4, -0.2) is 26.3 Å². The van der Waals surface area contributed by atoms with Gasteiger partial charge < -0.3 is 15.2 Å². The highest BCUT2D eigenvalue weighted by atomic mass is 16.2. The Morgan fingerprint density at radius 2 is 1.44 bits per heavy atom. The van der Waals surface area contributed by atoms with Crippen LogP contribution in [0.3, 0.4) is 0 Å². The van der Waals surface area contributed by atoms with Gasteiger partial charge in [-0.05, 0) is 25.5 Å². The number of hydrogen-bond acceptors (Lipinski definition) is 5. The van der Waals surface area contributed by atoms with Gasteiger partial charge in [-0.15, -0.1) is 0 Å². The van der Waals surface area contributed by atoms with E-state index >= 15 is 0 Å². The van der Waals surface area contributed by atoms with Gasteiger partial charge >= 0.3 is 5.69 Å². The third kappa shape index (κ3) is 14.0. The predicted molar refractivity (Wildman–Crippen MR) is 145 cm³/mol. The first kappa shape index (κ1) is 32.9. The van der Waals surface area contributed by atoms with Gasteiger partial charge in [0.15, 0.2) is 0 Å². The second-order valence-corrected chi connectivity index (χ2v) is 6.68. The number of aromatic amines is 1. The molecule has 0 saturated heterocycles.